The van der Waals surface area contributed by atoms with Gasteiger partial charge in [0.1, 0.15) is 12.0 Å². The Hall–Kier alpha value is -1.79. The molecule has 18 heavy (non-hydrogen) atoms. The number of halogens is 1. The second-order valence-electron chi connectivity index (χ2n) is 3.51. The predicted octanol–water partition coefficient (Wildman–Crippen LogP) is 1.20. The van der Waals surface area contributed by atoms with Crippen molar-refractivity contribution in [3.8, 4) is 0 Å². The summed E-state index contributed by atoms with van der Waals surface area (Å²) in [5.74, 6) is -0.255. The smallest absolute Gasteiger partial charge is 0.215 e. The van der Waals surface area contributed by atoms with Crippen LogP contribution in [0.5, 0.6) is 0 Å². The van der Waals surface area contributed by atoms with Crippen LogP contribution in [-0.4, -0.2) is 39.2 Å². The molecule has 0 atom stereocenters. The van der Waals surface area contributed by atoms with Crippen LogP contribution in [-0.2, 0) is 11.3 Å². The van der Waals surface area contributed by atoms with Gasteiger partial charge in [-0.25, -0.2) is 9.97 Å². The maximum Gasteiger partial charge on any atom is 0.215 e. The van der Waals surface area contributed by atoms with Crippen molar-refractivity contribution in [3.63, 3.8) is 0 Å². The Morgan fingerprint density at radius 3 is 2.78 bits per heavy atom. The van der Waals surface area contributed by atoms with Crippen LogP contribution in [0.15, 0.2) is 24.9 Å². The monoisotopic (exact) mass is 266 g/mol. The number of ketones is 1. The van der Waals surface area contributed by atoms with Crippen molar-refractivity contribution in [2.24, 2.45) is 0 Å². The first-order chi connectivity index (χ1) is 8.74. The lowest BCUT2D eigenvalue weighted by atomic mass is 10.1. The van der Waals surface area contributed by atoms with E-state index in [0.717, 1.165) is 0 Å². The van der Waals surface area contributed by atoms with Crippen LogP contribution >= 0.6 is 11.6 Å². The van der Waals surface area contributed by atoms with Gasteiger partial charge in [0.15, 0.2) is 0 Å². The summed E-state index contributed by atoms with van der Waals surface area (Å²) in [5, 5.41) is 4.35. The highest BCUT2D eigenvalue weighted by Crippen LogP contribution is 2.18. The largest absolute Gasteiger partial charge is 0.383 e. The highest BCUT2D eigenvalue weighted by Gasteiger charge is 2.19. The Bertz CT molecular complexity index is 541. The molecule has 0 fully saturated rings. The number of ether oxygens (including phenoxy) is 1. The molecular weight excluding hydrogens is 256 g/mol. The first-order valence-electron chi connectivity index (χ1n) is 5.24. The molecule has 0 N–H and O–H groups in total. The van der Waals surface area contributed by atoms with Crippen LogP contribution in [0.3, 0.4) is 0 Å². The van der Waals surface area contributed by atoms with Crippen molar-refractivity contribution in [3.05, 3.63) is 41.2 Å². The van der Waals surface area contributed by atoms with E-state index >= 15 is 0 Å². The minimum absolute atomic E-state index is 0.255. The molecule has 0 radical (unpaired) electrons. The van der Waals surface area contributed by atoms with E-state index in [4.69, 9.17) is 16.3 Å². The van der Waals surface area contributed by atoms with Crippen molar-refractivity contribution in [2.45, 2.75) is 6.54 Å². The lowest BCUT2D eigenvalue weighted by Gasteiger charge is -2.06. The van der Waals surface area contributed by atoms with Gasteiger partial charge < -0.3 is 4.74 Å². The molecule has 0 aliphatic carbocycles. The summed E-state index contributed by atoms with van der Waals surface area (Å²) in [4.78, 5) is 19.9. The average Bonchev–Trinajstić information content (AvgIpc) is 2.77. The molecule has 0 saturated heterocycles. The molecule has 0 aromatic carbocycles. The zero-order chi connectivity index (χ0) is 13.0. The van der Waals surface area contributed by atoms with Crippen LogP contribution in [0.2, 0.25) is 5.02 Å². The maximum absolute atomic E-state index is 12.2. The Morgan fingerprint density at radius 2 is 2.11 bits per heavy atom. The summed E-state index contributed by atoms with van der Waals surface area (Å²) in [6, 6.07) is 0. The molecule has 0 spiro atoms. The molecule has 94 valence electrons. The average molecular weight is 267 g/mol. The highest BCUT2D eigenvalue weighted by atomic mass is 35.5. The molecule has 2 aromatic heterocycles. The number of nitrogens with zero attached hydrogens (tertiary/aromatic N) is 4. The van der Waals surface area contributed by atoms with E-state index < -0.39 is 0 Å². The van der Waals surface area contributed by atoms with Gasteiger partial charge >= 0.3 is 0 Å². The second-order valence-corrected chi connectivity index (χ2v) is 3.92. The van der Waals surface area contributed by atoms with E-state index in [1.165, 1.54) is 29.6 Å². The van der Waals surface area contributed by atoms with Gasteiger partial charge in [-0.3, -0.25) is 9.48 Å². The van der Waals surface area contributed by atoms with Crippen molar-refractivity contribution < 1.29 is 9.53 Å². The third kappa shape index (κ3) is 2.55. The minimum Gasteiger partial charge on any atom is -0.383 e. The SMILES string of the molecule is COCCn1ncc(Cl)c1C(=O)c1cncnc1. The van der Waals surface area contributed by atoms with E-state index in [2.05, 4.69) is 15.1 Å². The maximum atomic E-state index is 12.2. The molecule has 0 saturated carbocycles. The standard InChI is InChI=1S/C11H11ClN4O2/c1-18-3-2-16-10(9(12)6-15-16)11(17)8-4-13-7-14-5-8/h4-7H,2-3H2,1H3. The number of aromatic nitrogens is 4. The topological polar surface area (TPSA) is 69.9 Å². The quantitative estimate of drug-likeness (QED) is 0.761. The lowest BCUT2D eigenvalue weighted by Crippen LogP contribution is -2.15. The summed E-state index contributed by atoms with van der Waals surface area (Å²) in [5.41, 5.74) is 0.696. The van der Waals surface area contributed by atoms with E-state index in [1.807, 2.05) is 0 Å². The molecule has 2 aromatic rings. The van der Waals surface area contributed by atoms with Gasteiger partial charge in [-0.15, -0.1) is 0 Å². The fourth-order valence-electron chi connectivity index (χ4n) is 1.49. The Labute approximate surface area is 109 Å². The third-order valence-corrected chi connectivity index (χ3v) is 2.62. The summed E-state index contributed by atoms with van der Waals surface area (Å²) in [6.07, 6.45) is 5.69. The normalized spacial score (nSPS) is 10.6. The van der Waals surface area contributed by atoms with Crippen molar-refractivity contribution in [1.29, 1.82) is 0 Å². The van der Waals surface area contributed by atoms with E-state index in [0.29, 0.717) is 29.4 Å². The zero-order valence-corrected chi connectivity index (χ0v) is 10.5. The number of rotatable bonds is 5. The first kappa shape index (κ1) is 12.7. The summed E-state index contributed by atoms with van der Waals surface area (Å²) in [7, 11) is 1.58. The second kappa shape index (κ2) is 5.70. The van der Waals surface area contributed by atoms with Crippen LogP contribution in [0, 0.1) is 0 Å². The van der Waals surface area contributed by atoms with E-state index in [1.54, 1.807) is 7.11 Å². The predicted molar refractivity (Wildman–Crippen MR) is 64.6 cm³/mol. The fourth-order valence-corrected chi connectivity index (χ4v) is 1.72. The molecule has 0 amide bonds. The van der Waals surface area contributed by atoms with Crippen molar-refractivity contribution >= 4 is 17.4 Å². The number of carbonyl (C=O) groups excluding carboxylic acids is 1. The van der Waals surface area contributed by atoms with Crippen LogP contribution in [0.25, 0.3) is 0 Å². The number of hydrogen-bond acceptors (Lipinski definition) is 5. The lowest BCUT2D eigenvalue weighted by molar-refractivity contribution is 0.102. The molecule has 2 heterocycles. The third-order valence-electron chi connectivity index (χ3n) is 2.34. The van der Waals surface area contributed by atoms with Gasteiger partial charge in [0.05, 0.1) is 29.9 Å². The Balaban J connectivity index is 2.32. The van der Waals surface area contributed by atoms with Crippen molar-refractivity contribution in [1.82, 2.24) is 19.7 Å². The first-order valence-corrected chi connectivity index (χ1v) is 5.61. The van der Waals surface area contributed by atoms with Gasteiger partial charge in [0.2, 0.25) is 5.78 Å². The molecule has 0 aliphatic rings. The van der Waals surface area contributed by atoms with Crippen LogP contribution < -0.4 is 0 Å². The van der Waals surface area contributed by atoms with Crippen molar-refractivity contribution in [2.75, 3.05) is 13.7 Å². The van der Waals surface area contributed by atoms with Gasteiger partial charge in [0, 0.05) is 19.5 Å². The Morgan fingerprint density at radius 1 is 1.39 bits per heavy atom. The van der Waals surface area contributed by atoms with Gasteiger partial charge in [0.25, 0.3) is 0 Å². The fraction of sp³-hybridized carbons (Fsp3) is 0.273. The molecule has 0 unspecified atom stereocenters. The summed E-state index contributed by atoms with van der Waals surface area (Å²) in [6.45, 7) is 0.904. The molecule has 7 heteroatoms. The number of carbonyl (C=O) groups is 1. The van der Waals surface area contributed by atoms with Crippen LogP contribution in [0.1, 0.15) is 16.1 Å². The van der Waals surface area contributed by atoms with Gasteiger partial charge in [-0.1, -0.05) is 11.6 Å². The number of methoxy groups -OCH3 is 1. The zero-order valence-electron chi connectivity index (χ0n) is 9.71. The summed E-state index contributed by atoms with van der Waals surface area (Å²) < 4.78 is 6.47. The van der Waals surface area contributed by atoms with E-state index in [-0.39, 0.29) is 5.78 Å². The van der Waals surface area contributed by atoms with Gasteiger partial charge in [-0.2, -0.15) is 5.10 Å². The molecular formula is C11H11ClN4O2. The molecule has 2 rings (SSSR count). The van der Waals surface area contributed by atoms with Crippen LogP contribution in [0.4, 0.5) is 0 Å². The Kier molecular flexibility index (Phi) is 4.01. The van der Waals surface area contributed by atoms with E-state index in [9.17, 15) is 4.79 Å². The molecule has 0 aliphatic heterocycles. The molecule has 0 bridgehead atoms. The van der Waals surface area contributed by atoms with Gasteiger partial charge in [-0.05, 0) is 0 Å². The summed E-state index contributed by atoms with van der Waals surface area (Å²) >= 11 is 5.98. The minimum atomic E-state index is -0.255. The molecule has 6 nitrogen and oxygen atoms in total. The highest BCUT2D eigenvalue weighted by molar-refractivity contribution is 6.34. The number of hydrogen-bond donors (Lipinski definition) is 0.